The number of benzene rings is 1. The van der Waals surface area contributed by atoms with Gasteiger partial charge in [-0.2, -0.15) is 0 Å². The van der Waals surface area contributed by atoms with Crippen molar-refractivity contribution in [2.24, 2.45) is 5.84 Å². The molecule has 3 nitrogen and oxygen atoms in total. The lowest BCUT2D eigenvalue weighted by Gasteiger charge is -2.07. The minimum absolute atomic E-state index is 0. The van der Waals surface area contributed by atoms with Gasteiger partial charge in [0.25, 0.3) is 0 Å². The van der Waals surface area contributed by atoms with E-state index in [4.69, 9.17) is 5.84 Å². The molecule has 0 atom stereocenters. The number of hydrazine groups is 1. The maximum absolute atomic E-state index is 12.8. The molecular weight excluding hydrogens is 202 g/mol. The van der Waals surface area contributed by atoms with Gasteiger partial charge in [0.2, 0.25) is 0 Å². The number of hydrogen-bond acceptors (Lipinski definition) is 3. The van der Waals surface area contributed by atoms with Gasteiger partial charge in [-0.3, -0.25) is 5.84 Å². The molecule has 0 bridgehead atoms. The van der Waals surface area contributed by atoms with Crippen LogP contribution in [-0.4, -0.2) is 7.11 Å². The first kappa shape index (κ1) is 11.9. The maximum atomic E-state index is 12.8. The van der Waals surface area contributed by atoms with E-state index in [-0.39, 0.29) is 23.8 Å². The Morgan fingerprint density at radius 3 is 2.46 bits per heavy atom. The molecule has 0 aliphatic carbocycles. The van der Waals surface area contributed by atoms with Crippen LogP contribution in [-0.2, 0) is 0 Å². The van der Waals surface area contributed by atoms with Crippen molar-refractivity contribution in [2.75, 3.05) is 12.5 Å². The standard InChI is InChI=1S/C7H8F2N2O.ClH/c1-12-7-5(9)2-4(8)3-6(7)11-10;/h2-3,11H,10H2,1H3;1H. The summed E-state index contributed by atoms with van der Waals surface area (Å²) in [5.74, 6) is 3.41. The molecule has 0 aliphatic rings. The summed E-state index contributed by atoms with van der Waals surface area (Å²) >= 11 is 0. The van der Waals surface area contributed by atoms with Crippen LogP contribution >= 0.6 is 12.4 Å². The molecule has 0 unspecified atom stereocenters. The van der Waals surface area contributed by atoms with Crippen LogP contribution < -0.4 is 16.0 Å². The summed E-state index contributed by atoms with van der Waals surface area (Å²) in [6.07, 6.45) is 0. The number of ether oxygens (including phenoxy) is 1. The molecule has 0 heterocycles. The van der Waals surface area contributed by atoms with E-state index in [1.54, 1.807) is 0 Å². The molecule has 0 aliphatic heterocycles. The van der Waals surface area contributed by atoms with E-state index in [2.05, 4.69) is 10.2 Å². The van der Waals surface area contributed by atoms with E-state index in [1.165, 1.54) is 7.11 Å². The van der Waals surface area contributed by atoms with Gasteiger partial charge in [0.05, 0.1) is 12.8 Å². The maximum Gasteiger partial charge on any atom is 0.179 e. The molecule has 0 saturated carbocycles. The lowest BCUT2D eigenvalue weighted by atomic mass is 10.3. The van der Waals surface area contributed by atoms with Crippen LogP contribution in [0, 0.1) is 11.6 Å². The number of nitrogens with one attached hydrogen (secondary N) is 1. The van der Waals surface area contributed by atoms with Gasteiger partial charge in [-0.15, -0.1) is 12.4 Å². The Labute approximate surface area is 80.3 Å². The molecule has 13 heavy (non-hydrogen) atoms. The molecule has 6 heteroatoms. The third kappa shape index (κ3) is 2.43. The number of hydrogen-bond donors (Lipinski definition) is 2. The van der Waals surface area contributed by atoms with Gasteiger partial charge in [-0.1, -0.05) is 0 Å². The summed E-state index contributed by atoms with van der Waals surface area (Å²) in [6, 6.07) is 1.77. The van der Waals surface area contributed by atoms with Crippen LogP contribution in [0.4, 0.5) is 14.5 Å². The second-order valence-corrected chi connectivity index (χ2v) is 2.11. The number of anilines is 1. The van der Waals surface area contributed by atoms with Gasteiger partial charge < -0.3 is 10.2 Å². The molecule has 74 valence electrons. The number of nitrogen functional groups attached to an aromatic ring is 1. The highest BCUT2D eigenvalue weighted by Gasteiger charge is 2.10. The molecule has 1 aromatic rings. The van der Waals surface area contributed by atoms with Crippen molar-refractivity contribution in [1.82, 2.24) is 0 Å². The molecule has 1 aromatic carbocycles. The first-order chi connectivity index (χ1) is 5.69. The highest BCUT2D eigenvalue weighted by atomic mass is 35.5. The first-order valence-corrected chi connectivity index (χ1v) is 3.18. The largest absolute Gasteiger partial charge is 0.492 e. The molecule has 0 aromatic heterocycles. The Morgan fingerprint density at radius 2 is 2.00 bits per heavy atom. The molecule has 0 fully saturated rings. The summed E-state index contributed by atoms with van der Waals surface area (Å²) in [5.41, 5.74) is 2.20. The van der Waals surface area contributed by atoms with Crippen molar-refractivity contribution in [2.45, 2.75) is 0 Å². The van der Waals surface area contributed by atoms with Crippen LogP contribution in [0.5, 0.6) is 5.75 Å². The lowest BCUT2D eigenvalue weighted by Crippen LogP contribution is -2.09. The fraction of sp³-hybridized carbons (Fsp3) is 0.143. The van der Waals surface area contributed by atoms with E-state index in [0.29, 0.717) is 0 Å². The third-order valence-corrected chi connectivity index (χ3v) is 1.37. The van der Waals surface area contributed by atoms with Crippen LogP contribution in [0.15, 0.2) is 12.1 Å². The molecule has 0 amide bonds. The Balaban J connectivity index is 0.00000144. The van der Waals surface area contributed by atoms with Crippen molar-refractivity contribution in [1.29, 1.82) is 0 Å². The Kier molecular flexibility index (Phi) is 4.44. The number of nitrogens with two attached hydrogens (primary N) is 1. The second-order valence-electron chi connectivity index (χ2n) is 2.11. The zero-order valence-corrected chi connectivity index (χ0v) is 7.62. The highest BCUT2D eigenvalue weighted by Crippen LogP contribution is 2.27. The van der Waals surface area contributed by atoms with Gasteiger partial charge in [-0.25, -0.2) is 8.78 Å². The molecule has 0 spiro atoms. The average molecular weight is 211 g/mol. The summed E-state index contributed by atoms with van der Waals surface area (Å²) in [4.78, 5) is 0. The van der Waals surface area contributed by atoms with Gasteiger partial charge >= 0.3 is 0 Å². The van der Waals surface area contributed by atoms with Crippen LogP contribution in [0.2, 0.25) is 0 Å². The lowest BCUT2D eigenvalue weighted by molar-refractivity contribution is 0.386. The van der Waals surface area contributed by atoms with Crippen LogP contribution in [0.1, 0.15) is 0 Å². The normalized spacial score (nSPS) is 8.92. The Morgan fingerprint density at radius 1 is 1.38 bits per heavy atom. The van der Waals surface area contributed by atoms with Crippen molar-refractivity contribution >= 4 is 18.1 Å². The predicted molar refractivity (Wildman–Crippen MR) is 48.0 cm³/mol. The summed E-state index contributed by atoms with van der Waals surface area (Å²) < 4.78 is 30.0. The Hall–Kier alpha value is -1.07. The van der Waals surface area contributed by atoms with E-state index >= 15 is 0 Å². The van der Waals surface area contributed by atoms with E-state index in [9.17, 15) is 8.78 Å². The van der Waals surface area contributed by atoms with Crippen LogP contribution in [0.3, 0.4) is 0 Å². The molecule has 3 N–H and O–H groups in total. The second kappa shape index (κ2) is 4.84. The predicted octanol–water partition coefficient (Wildman–Crippen LogP) is 1.68. The van der Waals surface area contributed by atoms with Crippen molar-refractivity contribution < 1.29 is 13.5 Å². The number of halogens is 3. The van der Waals surface area contributed by atoms with Crippen molar-refractivity contribution in [3.63, 3.8) is 0 Å². The minimum Gasteiger partial charge on any atom is -0.492 e. The van der Waals surface area contributed by atoms with E-state index < -0.39 is 11.6 Å². The van der Waals surface area contributed by atoms with Gasteiger partial charge in [0.15, 0.2) is 11.6 Å². The SMILES string of the molecule is COc1c(F)cc(F)cc1NN.Cl. The molecule has 1 rings (SSSR count). The summed E-state index contributed by atoms with van der Waals surface area (Å²) in [6.45, 7) is 0. The fourth-order valence-electron chi connectivity index (χ4n) is 0.875. The topological polar surface area (TPSA) is 47.3 Å². The van der Waals surface area contributed by atoms with Gasteiger partial charge in [0.1, 0.15) is 5.82 Å². The minimum atomic E-state index is -0.787. The molecular formula is C7H9ClF2N2O. The van der Waals surface area contributed by atoms with Crippen molar-refractivity contribution in [3.8, 4) is 5.75 Å². The van der Waals surface area contributed by atoms with Gasteiger partial charge in [-0.05, 0) is 0 Å². The highest BCUT2D eigenvalue weighted by molar-refractivity contribution is 5.85. The number of methoxy groups -OCH3 is 1. The quantitative estimate of drug-likeness (QED) is 0.577. The molecule has 0 radical (unpaired) electrons. The average Bonchev–Trinajstić information content (AvgIpc) is 2.03. The van der Waals surface area contributed by atoms with Crippen LogP contribution in [0.25, 0.3) is 0 Å². The van der Waals surface area contributed by atoms with Crippen molar-refractivity contribution in [3.05, 3.63) is 23.8 Å². The monoisotopic (exact) mass is 210 g/mol. The zero-order valence-electron chi connectivity index (χ0n) is 6.80. The molecule has 0 saturated heterocycles. The fourth-order valence-corrected chi connectivity index (χ4v) is 0.875. The smallest absolute Gasteiger partial charge is 0.179 e. The summed E-state index contributed by atoms with van der Waals surface area (Å²) in [5, 5.41) is 0. The Bertz CT molecular complexity index is 296. The zero-order chi connectivity index (χ0) is 9.14. The van der Waals surface area contributed by atoms with E-state index in [0.717, 1.165) is 12.1 Å². The van der Waals surface area contributed by atoms with E-state index in [1.807, 2.05) is 0 Å². The van der Waals surface area contributed by atoms with Gasteiger partial charge in [0, 0.05) is 12.1 Å². The first-order valence-electron chi connectivity index (χ1n) is 3.18. The summed E-state index contributed by atoms with van der Waals surface area (Å²) in [7, 11) is 1.27. The third-order valence-electron chi connectivity index (χ3n) is 1.37. The number of rotatable bonds is 2.